The second-order valence-corrected chi connectivity index (χ2v) is 7.51. The van der Waals surface area contributed by atoms with Gasteiger partial charge in [-0.15, -0.1) is 0 Å². The molecule has 1 unspecified atom stereocenters. The summed E-state index contributed by atoms with van der Waals surface area (Å²) in [6.45, 7) is 2.86. The molecule has 3 aromatic rings. The molecule has 0 saturated carbocycles. The molecule has 0 saturated heterocycles. The summed E-state index contributed by atoms with van der Waals surface area (Å²) in [5.74, 6) is -1.38. The molecular weight excluding hydrogens is 408 g/mol. The number of esters is 1. The van der Waals surface area contributed by atoms with Gasteiger partial charge in [0.2, 0.25) is 0 Å². The Morgan fingerprint density at radius 3 is 2.41 bits per heavy atom. The number of ketones is 1. The SMILES string of the molecule is COCc1nc2ccccc2c(C)c1C(=O)OCC(=O)NC(Cc1ccccc1)C(C)=O. The first-order valence-electron chi connectivity index (χ1n) is 10.3. The average molecular weight is 434 g/mol. The summed E-state index contributed by atoms with van der Waals surface area (Å²) in [7, 11) is 1.52. The molecule has 0 aliphatic rings. The first-order chi connectivity index (χ1) is 15.4. The molecule has 7 heteroatoms. The number of nitrogens with one attached hydrogen (secondary N) is 1. The molecule has 0 bridgehead atoms. The largest absolute Gasteiger partial charge is 0.452 e. The van der Waals surface area contributed by atoms with E-state index in [0.29, 0.717) is 17.7 Å². The van der Waals surface area contributed by atoms with E-state index in [1.807, 2.05) is 61.5 Å². The fourth-order valence-corrected chi connectivity index (χ4v) is 3.54. The molecule has 0 fully saturated rings. The van der Waals surface area contributed by atoms with E-state index in [1.54, 1.807) is 0 Å². The number of carbonyl (C=O) groups is 3. The summed E-state index contributed by atoms with van der Waals surface area (Å²) in [6, 6.07) is 16.2. The van der Waals surface area contributed by atoms with E-state index < -0.39 is 24.5 Å². The quantitative estimate of drug-likeness (QED) is 0.520. The number of para-hydroxylation sites is 1. The normalized spacial score (nSPS) is 11.7. The molecule has 0 aliphatic heterocycles. The fourth-order valence-electron chi connectivity index (χ4n) is 3.54. The maximum absolute atomic E-state index is 12.9. The molecule has 0 aliphatic carbocycles. The van der Waals surface area contributed by atoms with E-state index in [-0.39, 0.29) is 18.0 Å². The monoisotopic (exact) mass is 434 g/mol. The van der Waals surface area contributed by atoms with Gasteiger partial charge in [-0.2, -0.15) is 0 Å². The van der Waals surface area contributed by atoms with Gasteiger partial charge in [-0.25, -0.2) is 9.78 Å². The zero-order valence-electron chi connectivity index (χ0n) is 18.4. The number of hydrogen-bond acceptors (Lipinski definition) is 6. The number of rotatable bonds is 9. The second-order valence-electron chi connectivity index (χ2n) is 7.51. The molecule has 0 spiro atoms. The Bertz CT molecular complexity index is 1130. The van der Waals surface area contributed by atoms with E-state index in [0.717, 1.165) is 16.5 Å². The zero-order chi connectivity index (χ0) is 23.1. The van der Waals surface area contributed by atoms with Gasteiger partial charge in [0.1, 0.15) is 0 Å². The number of aromatic nitrogens is 1. The van der Waals surface area contributed by atoms with E-state index in [2.05, 4.69) is 10.3 Å². The molecule has 1 amide bonds. The Hall–Kier alpha value is -3.58. The van der Waals surface area contributed by atoms with Gasteiger partial charge < -0.3 is 14.8 Å². The van der Waals surface area contributed by atoms with Crippen LogP contribution in [0, 0.1) is 6.92 Å². The number of methoxy groups -OCH3 is 1. The molecule has 1 aromatic heterocycles. The van der Waals surface area contributed by atoms with E-state index >= 15 is 0 Å². The van der Waals surface area contributed by atoms with Crippen LogP contribution in [-0.2, 0) is 32.1 Å². The fraction of sp³-hybridized carbons (Fsp3) is 0.280. The number of amides is 1. The highest BCUT2D eigenvalue weighted by molar-refractivity contribution is 5.99. The molecule has 1 atom stereocenters. The summed E-state index contributed by atoms with van der Waals surface area (Å²) < 4.78 is 10.5. The molecule has 7 nitrogen and oxygen atoms in total. The predicted molar refractivity (Wildman–Crippen MR) is 120 cm³/mol. The minimum atomic E-state index is -0.697. The number of aryl methyl sites for hydroxylation is 1. The van der Waals surface area contributed by atoms with Gasteiger partial charge >= 0.3 is 5.97 Å². The van der Waals surface area contributed by atoms with Gasteiger partial charge in [0.05, 0.1) is 29.4 Å². The first-order valence-corrected chi connectivity index (χ1v) is 10.3. The number of carbonyl (C=O) groups excluding carboxylic acids is 3. The standard InChI is InChI=1S/C25H26N2O5/c1-16-19-11-7-8-12-20(19)26-22(14-31-3)24(16)25(30)32-15-23(29)27-21(17(2)28)13-18-9-5-4-6-10-18/h4-12,21H,13-15H2,1-3H3,(H,27,29). The second kappa shape index (κ2) is 10.6. The number of ether oxygens (including phenoxy) is 2. The summed E-state index contributed by atoms with van der Waals surface area (Å²) in [4.78, 5) is 41.8. The Kier molecular flexibility index (Phi) is 7.68. The summed E-state index contributed by atoms with van der Waals surface area (Å²) in [5.41, 5.74) is 3.10. The molecule has 1 heterocycles. The van der Waals surface area contributed by atoms with E-state index in [9.17, 15) is 14.4 Å². The number of fused-ring (bicyclic) bond motifs is 1. The van der Waals surface area contributed by atoms with Crippen molar-refractivity contribution in [1.82, 2.24) is 10.3 Å². The number of nitrogens with zero attached hydrogens (tertiary/aromatic N) is 1. The highest BCUT2D eigenvalue weighted by Gasteiger charge is 2.22. The molecule has 3 rings (SSSR count). The lowest BCUT2D eigenvalue weighted by atomic mass is 10.0. The van der Waals surface area contributed by atoms with Crippen molar-refractivity contribution in [3.05, 3.63) is 77.0 Å². The van der Waals surface area contributed by atoms with Crippen LogP contribution in [-0.4, -0.2) is 42.4 Å². The smallest absolute Gasteiger partial charge is 0.340 e. The molecule has 166 valence electrons. The number of hydrogen-bond donors (Lipinski definition) is 1. The third-order valence-electron chi connectivity index (χ3n) is 5.16. The van der Waals surface area contributed by atoms with Gasteiger partial charge in [-0.05, 0) is 37.5 Å². The Morgan fingerprint density at radius 1 is 1.03 bits per heavy atom. The van der Waals surface area contributed by atoms with Crippen LogP contribution in [0.4, 0.5) is 0 Å². The van der Waals surface area contributed by atoms with Crippen LogP contribution < -0.4 is 5.32 Å². The van der Waals surface area contributed by atoms with E-state index in [4.69, 9.17) is 9.47 Å². The number of Topliss-reactive ketones (excluding diaryl/α,β-unsaturated/α-hetero) is 1. The molecule has 32 heavy (non-hydrogen) atoms. The van der Waals surface area contributed by atoms with Crippen molar-refractivity contribution in [2.45, 2.75) is 32.9 Å². The van der Waals surface area contributed by atoms with Crippen LogP contribution >= 0.6 is 0 Å². The highest BCUT2D eigenvalue weighted by Crippen LogP contribution is 2.24. The van der Waals surface area contributed by atoms with Crippen LogP contribution in [0.1, 0.15) is 34.1 Å². The minimum absolute atomic E-state index is 0.131. The van der Waals surface area contributed by atoms with Gasteiger partial charge in [0.15, 0.2) is 12.4 Å². The molecular formula is C25H26N2O5. The van der Waals surface area contributed by atoms with Crippen molar-refractivity contribution < 1.29 is 23.9 Å². The summed E-state index contributed by atoms with van der Waals surface area (Å²) in [5, 5.41) is 3.47. The van der Waals surface area contributed by atoms with Crippen molar-refractivity contribution in [3.8, 4) is 0 Å². The van der Waals surface area contributed by atoms with Gasteiger partial charge in [-0.3, -0.25) is 9.59 Å². The molecule has 1 N–H and O–H groups in total. The molecule has 0 radical (unpaired) electrons. The van der Waals surface area contributed by atoms with Crippen molar-refractivity contribution in [3.63, 3.8) is 0 Å². The van der Waals surface area contributed by atoms with Gasteiger partial charge in [0.25, 0.3) is 5.91 Å². The Labute approximate surface area is 186 Å². The highest BCUT2D eigenvalue weighted by atomic mass is 16.5. The minimum Gasteiger partial charge on any atom is -0.452 e. The average Bonchev–Trinajstić information content (AvgIpc) is 2.78. The lowest BCUT2D eigenvalue weighted by Gasteiger charge is -2.17. The number of pyridine rings is 1. The van der Waals surface area contributed by atoms with Crippen LogP contribution in [0.25, 0.3) is 10.9 Å². The van der Waals surface area contributed by atoms with Crippen LogP contribution in [0.5, 0.6) is 0 Å². The Morgan fingerprint density at radius 2 is 1.72 bits per heavy atom. The van der Waals surface area contributed by atoms with Crippen LogP contribution in [0.3, 0.4) is 0 Å². The van der Waals surface area contributed by atoms with Crippen molar-refractivity contribution in [2.75, 3.05) is 13.7 Å². The van der Waals surface area contributed by atoms with Crippen LogP contribution in [0.15, 0.2) is 54.6 Å². The first kappa shape index (κ1) is 23.1. The predicted octanol–water partition coefficient (Wildman–Crippen LogP) is 3.16. The maximum atomic E-state index is 12.9. The Balaban J connectivity index is 1.71. The lowest BCUT2D eigenvalue weighted by Crippen LogP contribution is -2.43. The summed E-state index contributed by atoms with van der Waals surface area (Å²) in [6.07, 6.45) is 0.363. The van der Waals surface area contributed by atoms with Crippen molar-refractivity contribution in [1.29, 1.82) is 0 Å². The van der Waals surface area contributed by atoms with E-state index in [1.165, 1.54) is 14.0 Å². The third-order valence-corrected chi connectivity index (χ3v) is 5.16. The van der Waals surface area contributed by atoms with Gasteiger partial charge in [-0.1, -0.05) is 48.5 Å². The topological polar surface area (TPSA) is 94.6 Å². The maximum Gasteiger partial charge on any atom is 0.340 e. The third kappa shape index (κ3) is 5.56. The number of benzene rings is 2. The van der Waals surface area contributed by atoms with Gasteiger partial charge in [0, 0.05) is 12.5 Å². The van der Waals surface area contributed by atoms with Crippen LogP contribution in [0.2, 0.25) is 0 Å². The zero-order valence-corrected chi connectivity index (χ0v) is 18.4. The van der Waals surface area contributed by atoms with Crippen molar-refractivity contribution >= 4 is 28.6 Å². The summed E-state index contributed by atoms with van der Waals surface area (Å²) >= 11 is 0. The lowest BCUT2D eigenvalue weighted by molar-refractivity contribution is -0.128. The van der Waals surface area contributed by atoms with Crippen molar-refractivity contribution in [2.24, 2.45) is 0 Å². The molecule has 2 aromatic carbocycles.